The van der Waals surface area contributed by atoms with Crippen LogP contribution < -0.4 is 10.2 Å². The third-order valence-electron chi connectivity index (χ3n) is 3.27. The van der Waals surface area contributed by atoms with Crippen LogP contribution in [-0.4, -0.2) is 48.2 Å². The zero-order valence-electron chi connectivity index (χ0n) is 13.2. The summed E-state index contributed by atoms with van der Waals surface area (Å²) in [4.78, 5) is 23.3. The molecule has 0 saturated carbocycles. The van der Waals surface area contributed by atoms with Crippen LogP contribution in [0.4, 0.5) is 5.95 Å². The van der Waals surface area contributed by atoms with Crippen LogP contribution in [0.5, 0.6) is 0 Å². The highest BCUT2D eigenvalue weighted by atomic mass is 16.5. The van der Waals surface area contributed by atoms with Crippen molar-refractivity contribution in [1.82, 2.24) is 15.3 Å². The summed E-state index contributed by atoms with van der Waals surface area (Å²) in [6.07, 6.45) is 0. The molecule has 0 unspecified atom stereocenters. The van der Waals surface area contributed by atoms with Crippen LogP contribution >= 0.6 is 0 Å². The topological polar surface area (TPSA) is 67.4 Å². The predicted octanol–water partition coefficient (Wildman–Crippen LogP) is 1.57. The summed E-state index contributed by atoms with van der Waals surface area (Å²) in [7, 11) is 0. The first-order valence-corrected chi connectivity index (χ1v) is 7.50. The van der Waals surface area contributed by atoms with Gasteiger partial charge in [-0.15, -0.1) is 0 Å². The third-order valence-corrected chi connectivity index (χ3v) is 3.27. The van der Waals surface area contributed by atoms with E-state index in [1.54, 1.807) is 6.07 Å². The molecule has 0 spiro atoms. The lowest BCUT2D eigenvalue weighted by atomic mass is 10.1. The first-order chi connectivity index (χ1) is 9.97. The lowest BCUT2D eigenvalue weighted by Crippen LogP contribution is -2.38. The van der Waals surface area contributed by atoms with E-state index in [2.05, 4.69) is 34.0 Å². The van der Waals surface area contributed by atoms with E-state index in [9.17, 15) is 4.79 Å². The van der Waals surface area contributed by atoms with Crippen molar-refractivity contribution in [2.45, 2.75) is 39.7 Å². The summed E-state index contributed by atoms with van der Waals surface area (Å²) >= 11 is 0. The number of ether oxygens (including phenoxy) is 1. The molecule has 1 saturated heterocycles. The minimum Gasteiger partial charge on any atom is -0.378 e. The number of amides is 1. The monoisotopic (exact) mass is 292 g/mol. The van der Waals surface area contributed by atoms with Crippen molar-refractivity contribution in [2.24, 2.45) is 0 Å². The maximum absolute atomic E-state index is 12.2. The van der Waals surface area contributed by atoms with Gasteiger partial charge in [-0.2, -0.15) is 0 Å². The number of hydrogen-bond acceptors (Lipinski definition) is 5. The number of aromatic nitrogens is 2. The highest BCUT2D eigenvalue weighted by Crippen LogP contribution is 2.18. The highest BCUT2D eigenvalue weighted by molar-refractivity contribution is 5.92. The molecule has 2 rings (SSSR count). The molecule has 1 aromatic heterocycles. The Kier molecular flexibility index (Phi) is 5.12. The van der Waals surface area contributed by atoms with E-state index < -0.39 is 0 Å². The van der Waals surface area contributed by atoms with E-state index in [1.165, 1.54) is 0 Å². The molecule has 1 fully saturated rings. The minimum atomic E-state index is -0.149. The van der Waals surface area contributed by atoms with Gasteiger partial charge in [0.25, 0.3) is 5.91 Å². The zero-order valence-corrected chi connectivity index (χ0v) is 13.2. The van der Waals surface area contributed by atoms with Crippen molar-refractivity contribution in [3.63, 3.8) is 0 Å². The molecule has 6 heteroatoms. The van der Waals surface area contributed by atoms with Gasteiger partial charge in [-0.1, -0.05) is 13.8 Å². The van der Waals surface area contributed by atoms with Gasteiger partial charge in [0.1, 0.15) is 5.69 Å². The molecule has 2 heterocycles. The average molecular weight is 292 g/mol. The van der Waals surface area contributed by atoms with E-state index >= 15 is 0 Å². The van der Waals surface area contributed by atoms with Crippen molar-refractivity contribution in [3.05, 3.63) is 17.5 Å². The van der Waals surface area contributed by atoms with Gasteiger partial charge in [0.15, 0.2) is 0 Å². The minimum absolute atomic E-state index is 0.0850. The molecule has 21 heavy (non-hydrogen) atoms. The van der Waals surface area contributed by atoms with Crippen LogP contribution in [0.25, 0.3) is 0 Å². The molecule has 0 bridgehead atoms. The molecule has 1 aliphatic rings. The van der Waals surface area contributed by atoms with E-state index in [0.29, 0.717) is 24.9 Å². The Morgan fingerprint density at radius 3 is 2.48 bits per heavy atom. The zero-order chi connectivity index (χ0) is 15.4. The fraction of sp³-hybridized carbons (Fsp3) is 0.667. The van der Waals surface area contributed by atoms with Crippen LogP contribution in [0, 0.1) is 0 Å². The average Bonchev–Trinajstić information content (AvgIpc) is 2.47. The number of anilines is 1. The number of morpholine rings is 1. The van der Waals surface area contributed by atoms with Crippen LogP contribution in [0.2, 0.25) is 0 Å². The summed E-state index contributed by atoms with van der Waals surface area (Å²) in [5, 5.41) is 2.88. The van der Waals surface area contributed by atoms with Gasteiger partial charge in [0.05, 0.1) is 13.2 Å². The molecule has 0 atom stereocenters. The molecule has 1 aromatic rings. The van der Waals surface area contributed by atoms with Crippen LogP contribution in [0.15, 0.2) is 6.07 Å². The third kappa shape index (κ3) is 4.14. The van der Waals surface area contributed by atoms with E-state index in [4.69, 9.17) is 4.74 Å². The normalized spacial score (nSPS) is 15.6. The number of nitrogens with zero attached hydrogens (tertiary/aromatic N) is 3. The second-order valence-corrected chi connectivity index (χ2v) is 5.86. The molecule has 6 nitrogen and oxygen atoms in total. The summed E-state index contributed by atoms with van der Waals surface area (Å²) in [5.41, 5.74) is 1.32. The molecular formula is C15H24N4O2. The van der Waals surface area contributed by atoms with Gasteiger partial charge < -0.3 is 15.0 Å². The number of hydrogen-bond donors (Lipinski definition) is 1. The molecule has 1 N–H and O–H groups in total. The van der Waals surface area contributed by atoms with Gasteiger partial charge in [-0.3, -0.25) is 4.79 Å². The highest BCUT2D eigenvalue weighted by Gasteiger charge is 2.19. The van der Waals surface area contributed by atoms with Gasteiger partial charge in [0, 0.05) is 24.8 Å². The van der Waals surface area contributed by atoms with Crippen molar-refractivity contribution in [2.75, 3.05) is 31.2 Å². The molecular weight excluding hydrogens is 268 g/mol. The lowest BCUT2D eigenvalue weighted by molar-refractivity contribution is 0.0937. The van der Waals surface area contributed by atoms with Crippen molar-refractivity contribution < 1.29 is 9.53 Å². The largest absolute Gasteiger partial charge is 0.378 e. The molecule has 0 radical (unpaired) electrons. The van der Waals surface area contributed by atoms with Crippen LogP contribution in [0.3, 0.4) is 0 Å². The second-order valence-electron chi connectivity index (χ2n) is 5.86. The molecule has 1 amide bonds. The Labute approximate surface area is 125 Å². The van der Waals surface area contributed by atoms with E-state index in [-0.39, 0.29) is 17.9 Å². The van der Waals surface area contributed by atoms with Crippen LogP contribution in [0.1, 0.15) is 49.8 Å². The second kappa shape index (κ2) is 6.85. The smallest absolute Gasteiger partial charge is 0.270 e. The number of rotatable bonds is 4. The summed E-state index contributed by atoms with van der Waals surface area (Å²) in [6, 6.07) is 1.87. The Hall–Kier alpha value is -1.69. The van der Waals surface area contributed by atoms with Crippen molar-refractivity contribution in [3.8, 4) is 0 Å². The predicted molar refractivity (Wildman–Crippen MR) is 81.8 cm³/mol. The van der Waals surface area contributed by atoms with Gasteiger partial charge >= 0.3 is 0 Å². The SMILES string of the molecule is CC(C)NC(=O)c1cc(C(C)C)nc(N2CCOCC2)n1. The molecule has 0 aromatic carbocycles. The van der Waals surface area contributed by atoms with Crippen molar-refractivity contribution in [1.29, 1.82) is 0 Å². The lowest BCUT2D eigenvalue weighted by Gasteiger charge is -2.27. The van der Waals surface area contributed by atoms with Gasteiger partial charge in [-0.25, -0.2) is 9.97 Å². The first kappa shape index (κ1) is 15.7. The van der Waals surface area contributed by atoms with Gasteiger partial charge in [-0.05, 0) is 25.8 Å². The van der Waals surface area contributed by atoms with Crippen LogP contribution in [-0.2, 0) is 4.74 Å². The van der Waals surface area contributed by atoms with Gasteiger partial charge in [0.2, 0.25) is 5.95 Å². The summed E-state index contributed by atoms with van der Waals surface area (Å²) in [6.45, 7) is 10.9. The summed E-state index contributed by atoms with van der Waals surface area (Å²) < 4.78 is 5.35. The number of carbonyl (C=O) groups excluding carboxylic acids is 1. The Morgan fingerprint density at radius 2 is 1.90 bits per heavy atom. The Morgan fingerprint density at radius 1 is 1.24 bits per heavy atom. The molecule has 116 valence electrons. The van der Waals surface area contributed by atoms with Crippen molar-refractivity contribution >= 4 is 11.9 Å². The quantitative estimate of drug-likeness (QED) is 0.912. The fourth-order valence-electron chi connectivity index (χ4n) is 2.11. The van der Waals surface area contributed by atoms with E-state index in [1.807, 2.05) is 13.8 Å². The standard InChI is InChI=1S/C15H24N4O2/c1-10(2)12-9-13(14(20)16-11(3)4)18-15(17-12)19-5-7-21-8-6-19/h9-11H,5-8H2,1-4H3,(H,16,20). The Balaban J connectivity index is 2.31. The summed E-state index contributed by atoms with van der Waals surface area (Å²) in [5.74, 6) is 0.723. The molecule has 0 aliphatic carbocycles. The van der Waals surface area contributed by atoms with E-state index in [0.717, 1.165) is 18.8 Å². The Bertz CT molecular complexity index is 496. The maximum Gasteiger partial charge on any atom is 0.270 e. The first-order valence-electron chi connectivity index (χ1n) is 7.50. The fourth-order valence-corrected chi connectivity index (χ4v) is 2.11. The number of carbonyl (C=O) groups is 1. The maximum atomic E-state index is 12.2. The molecule has 1 aliphatic heterocycles. The number of nitrogens with one attached hydrogen (secondary N) is 1.